The summed E-state index contributed by atoms with van der Waals surface area (Å²) in [4.78, 5) is 14.1. The zero-order valence-corrected chi connectivity index (χ0v) is 9.27. The average molecular weight is 221 g/mol. The van der Waals surface area contributed by atoms with Crippen molar-refractivity contribution in [2.45, 2.75) is 19.4 Å². The van der Waals surface area contributed by atoms with Crippen LogP contribution >= 0.6 is 0 Å². The van der Waals surface area contributed by atoms with Crippen LogP contribution in [-0.4, -0.2) is 41.6 Å². The van der Waals surface area contributed by atoms with Crippen molar-refractivity contribution in [2.75, 3.05) is 19.6 Å². The number of amides is 1. The lowest BCUT2D eigenvalue weighted by Gasteiger charge is -2.46. The molecule has 5 heteroatoms. The Labute approximate surface area is 93.8 Å². The molecule has 1 aromatic heterocycles. The lowest BCUT2D eigenvalue weighted by molar-refractivity contribution is 0.0517. The van der Waals surface area contributed by atoms with E-state index >= 15 is 0 Å². The summed E-state index contributed by atoms with van der Waals surface area (Å²) < 4.78 is 4.93. The Kier molecular flexibility index (Phi) is 2.21. The van der Waals surface area contributed by atoms with E-state index in [1.165, 1.54) is 6.20 Å². The van der Waals surface area contributed by atoms with Crippen LogP contribution in [0, 0.1) is 12.8 Å². The summed E-state index contributed by atoms with van der Waals surface area (Å²) in [5, 5.41) is 7.01. The monoisotopic (exact) mass is 221 g/mol. The highest BCUT2D eigenvalue weighted by atomic mass is 16.5. The van der Waals surface area contributed by atoms with Gasteiger partial charge in [0.05, 0.1) is 6.20 Å². The molecule has 86 valence electrons. The van der Waals surface area contributed by atoms with Crippen LogP contribution in [-0.2, 0) is 0 Å². The van der Waals surface area contributed by atoms with E-state index in [9.17, 15) is 4.79 Å². The van der Waals surface area contributed by atoms with Crippen molar-refractivity contribution >= 4 is 5.91 Å². The van der Waals surface area contributed by atoms with Gasteiger partial charge in [-0.15, -0.1) is 0 Å². The van der Waals surface area contributed by atoms with E-state index in [1.54, 1.807) is 6.92 Å². The topological polar surface area (TPSA) is 58.4 Å². The van der Waals surface area contributed by atoms with Gasteiger partial charge in [-0.2, -0.15) is 0 Å². The smallest absolute Gasteiger partial charge is 0.259 e. The second-order valence-electron chi connectivity index (χ2n) is 4.61. The fourth-order valence-electron chi connectivity index (χ4n) is 2.48. The van der Waals surface area contributed by atoms with Crippen LogP contribution < -0.4 is 5.32 Å². The van der Waals surface area contributed by atoms with E-state index < -0.39 is 0 Å². The molecule has 3 rings (SSSR count). The molecule has 0 spiro atoms. The van der Waals surface area contributed by atoms with E-state index in [2.05, 4.69) is 10.5 Å². The second kappa shape index (κ2) is 3.59. The molecule has 0 radical (unpaired) electrons. The van der Waals surface area contributed by atoms with Crippen molar-refractivity contribution in [1.29, 1.82) is 0 Å². The minimum absolute atomic E-state index is 0.0471. The number of nitrogens with one attached hydrogen (secondary N) is 1. The third-order valence-corrected chi connectivity index (χ3v) is 3.67. The SMILES string of the molecule is Cc1oncc1C(=O)N1CCC2CNC2C1. The standard InChI is InChI=1S/C11H15N3O2/c1-7-9(5-13-16-7)11(15)14-3-2-8-4-12-10(8)6-14/h5,8,10,12H,2-4,6H2,1H3. The number of piperidine rings is 1. The molecule has 1 N–H and O–H groups in total. The minimum atomic E-state index is 0.0471. The van der Waals surface area contributed by atoms with Crippen LogP contribution in [0.1, 0.15) is 22.5 Å². The van der Waals surface area contributed by atoms with Gasteiger partial charge < -0.3 is 14.7 Å². The van der Waals surface area contributed by atoms with E-state index in [0.29, 0.717) is 17.4 Å². The first kappa shape index (κ1) is 9.84. The number of nitrogens with zero attached hydrogens (tertiary/aromatic N) is 2. The molecule has 2 aliphatic heterocycles. The van der Waals surface area contributed by atoms with Gasteiger partial charge in [-0.25, -0.2) is 0 Å². The van der Waals surface area contributed by atoms with Crippen molar-refractivity contribution in [2.24, 2.45) is 5.92 Å². The Morgan fingerprint density at radius 3 is 3.12 bits per heavy atom. The Balaban J connectivity index is 1.73. The first-order chi connectivity index (χ1) is 7.75. The molecule has 2 aliphatic rings. The number of carbonyl (C=O) groups is 1. The van der Waals surface area contributed by atoms with Crippen molar-refractivity contribution in [3.8, 4) is 0 Å². The van der Waals surface area contributed by atoms with E-state index in [1.807, 2.05) is 4.90 Å². The van der Waals surface area contributed by atoms with Crippen LogP contribution in [0.2, 0.25) is 0 Å². The lowest BCUT2D eigenvalue weighted by atomic mass is 9.85. The molecule has 2 fully saturated rings. The third-order valence-electron chi connectivity index (χ3n) is 3.67. The van der Waals surface area contributed by atoms with Crippen molar-refractivity contribution in [3.63, 3.8) is 0 Å². The molecule has 3 heterocycles. The van der Waals surface area contributed by atoms with Crippen LogP contribution in [0.25, 0.3) is 0 Å². The van der Waals surface area contributed by atoms with Gasteiger partial charge in [-0.05, 0) is 25.8 Å². The highest BCUT2D eigenvalue weighted by molar-refractivity contribution is 5.94. The molecule has 1 amide bonds. The lowest BCUT2D eigenvalue weighted by Crippen LogP contribution is -2.62. The maximum Gasteiger partial charge on any atom is 0.259 e. The summed E-state index contributed by atoms with van der Waals surface area (Å²) in [5.41, 5.74) is 0.595. The molecule has 0 aliphatic carbocycles. The Morgan fingerprint density at radius 1 is 1.69 bits per heavy atom. The Morgan fingerprint density at radius 2 is 2.56 bits per heavy atom. The number of rotatable bonds is 1. The van der Waals surface area contributed by atoms with Gasteiger partial charge >= 0.3 is 0 Å². The van der Waals surface area contributed by atoms with Crippen LogP contribution in [0.3, 0.4) is 0 Å². The fraction of sp³-hybridized carbons (Fsp3) is 0.636. The molecule has 2 atom stereocenters. The molecule has 0 aromatic carbocycles. The molecule has 2 saturated heterocycles. The van der Waals surface area contributed by atoms with Crippen molar-refractivity contribution in [1.82, 2.24) is 15.4 Å². The van der Waals surface area contributed by atoms with Gasteiger partial charge in [0.2, 0.25) is 0 Å². The first-order valence-corrected chi connectivity index (χ1v) is 5.69. The van der Waals surface area contributed by atoms with Gasteiger partial charge in [0.15, 0.2) is 0 Å². The largest absolute Gasteiger partial charge is 0.361 e. The fourth-order valence-corrected chi connectivity index (χ4v) is 2.48. The first-order valence-electron chi connectivity index (χ1n) is 5.69. The van der Waals surface area contributed by atoms with Gasteiger partial charge in [0.25, 0.3) is 5.91 Å². The van der Waals surface area contributed by atoms with E-state index in [4.69, 9.17) is 4.52 Å². The summed E-state index contributed by atoms with van der Waals surface area (Å²) in [6, 6.07) is 0.498. The zero-order valence-electron chi connectivity index (χ0n) is 9.27. The quantitative estimate of drug-likeness (QED) is 0.746. The van der Waals surface area contributed by atoms with Gasteiger partial charge in [-0.1, -0.05) is 5.16 Å². The summed E-state index contributed by atoms with van der Waals surface area (Å²) >= 11 is 0. The Hall–Kier alpha value is -1.36. The summed E-state index contributed by atoms with van der Waals surface area (Å²) in [6.07, 6.45) is 2.62. The number of carbonyl (C=O) groups excluding carboxylic acids is 1. The molecule has 0 bridgehead atoms. The van der Waals surface area contributed by atoms with Crippen LogP contribution in [0.15, 0.2) is 10.7 Å². The van der Waals surface area contributed by atoms with Crippen molar-refractivity contribution in [3.05, 3.63) is 17.5 Å². The molecule has 5 nitrogen and oxygen atoms in total. The Bertz CT molecular complexity index is 415. The molecule has 2 unspecified atom stereocenters. The number of hydrogen-bond acceptors (Lipinski definition) is 4. The summed E-state index contributed by atoms with van der Waals surface area (Å²) in [7, 11) is 0. The maximum absolute atomic E-state index is 12.2. The second-order valence-corrected chi connectivity index (χ2v) is 4.61. The summed E-state index contributed by atoms with van der Waals surface area (Å²) in [5.74, 6) is 1.42. The van der Waals surface area contributed by atoms with Gasteiger partial charge in [0, 0.05) is 19.1 Å². The average Bonchev–Trinajstić information content (AvgIpc) is 2.65. The molecule has 16 heavy (non-hydrogen) atoms. The van der Waals surface area contributed by atoms with E-state index in [-0.39, 0.29) is 5.91 Å². The van der Waals surface area contributed by atoms with Gasteiger partial charge in [0.1, 0.15) is 11.3 Å². The third kappa shape index (κ3) is 1.43. The van der Waals surface area contributed by atoms with E-state index in [0.717, 1.165) is 32.0 Å². The molecule has 0 saturated carbocycles. The number of fused-ring (bicyclic) bond motifs is 1. The normalized spacial score (nSPS) is 28.4. The predicted molar refractivity (Wildman–Crippen MR) is 57.0 cm³/mol. The van der Waals surface area contributed by atoms with Crippen LogP contribution in [0.4, 0.5) is 0 Å². The molecular formula is C11H15N3O2. The number of hydrogen-bond donors (Lipinski definition) is 1. The predicted octanol–water partition coefficient (Wildman–Crippen LogP) is 0.417. The number of likely N-dealkylation sites (tertiary alicyclic amines) is 1. The number of aryl methyl sites for hydroxylation is 1. The zero-order chi connectivity index (χ0) is 11.1. The number of aromatic nitrogens is 1. The van der Waals surface area contributed by atoms with Crippen LogP contribution in [0.5, 0.6) is 0 Å². The molecular weight excluding hydrogens is 206 g/mol. The highest BCUT2D eigenvalue weighted by Gasteiger charge is 2.37. The van der Waals surface area contributed by atoms with Crippen molar-refractivity contribution < 1.29 is 9.32 Å². The van der Waals surface area contributed by atoms with Gasteiger partial charge in [-0.3, -0.25) is 4.79 Å². The minimum Gasteiger partial charge on any atom is -0.361 e. The summed E-state index contributed by atoms with van der Waals surface area (Å²) in [6.45, 7) is 4.55. The highest BCUT2D eigenvalue weighted by Crippen LogP contribution is 2.25. The molecule has 1 aromatic rings. The maximum atomic E-state index is 12.2.